The zero-order chi connectivity index (χ0) is 20.1. The molecule has 0 N–H and O–H groups in total. The Labute approximate surface area is 166 Å². The molecule has 2 rings (SSSR count). The van der Waals surface area contributed by atoms with Crippen LogP contribution < -0.4 is 0 Å². The van der Waals surface area contributed by atoms with Crippen LogP contribution in [0.4, 0.5) is 0 Å². The largest absolute Gasteiger partial charge is 0.299 e. The van der Waals surface area contributed by atoms with Gasteiger partial charge in [0.05, 0.1) is 0 Å². The fourth-order valence-corrected chi connectivity index (χ4v) is 3.57. The molecule has 2 heteroatoms. The first kappa shape index (κ1) is 23.3. The van der Waals surface area contributed by atoms with Gasteiger partial charge in [-0.3, -0.25) is 9.59 Å². The molecule has 1 unspecified atom stereocenters. The summed E-state index contributed by atoms with van der Waals surface area (Å²) in [6.07, 6.45) is 21.5. The molecule has 2 nitrogen and oxygen atoms in total. The second kappa shape index (κ2) is 13.5. The van der Waals surface area contributed by atoms with E-state index >= 15 is 0 Å². The lowest BCUT2D eigenvalue weighted by Gasteiger charge is -2.25. The van der Waals surface area contributed by atoms with E-state index in [1.54, 1.807) is 13.0 Å². The Kier molecular flexibility index (Phi) is 11.6. The van der Waals surface area contributed by atoms with Gasteiger partial charge < -0.3 is 0 Å². The number of hydrogen-bond donors (Lipinski definition) is 0. The average molecular weight is 371 g/mol. The van der Waals surface area contributed by atoms with E-state index in [1.165, 1.54) is 48.8 Å². The first-order valence-corrected chi connectivity index (χ1v) is 10.6. The Balaban J connectivity index is 0.000000270. The normalized spacial score (nSPS) is 20.6. The second-order valence-corrected chi connectivity index (χ2v) is 8.09. The molecule has 0 amide bonds. The quantitative estimate of drug-likeness (QED) is 0.284. The Morgan fingerprint density at radius 3 is 2.41 bits per heavy atom. The van der Waals surface area contributed by atoms with Crippen LogP contribution in [0, 0.1) is 5.92 Å². The monoisotopic (exact) mass is 370 g/mol. The summed E-state index contributed by atoms with van der Waals surface area (Å²) in [4.78, 5) is 22.3. The summed E-state index contributed by atoms with van der Waals surface area (Å²) in [6, 6.07) is 0. The van der Waals surface area contributed by atoms with Crippen LogP contribution in [0.15, 0.2) is 47.1 Å². The SMILES string of the molecule is CC(=O)/C=C/C=C(\C)CCC=C(C)C.O=C1CCCCC1C1=CCCCC1. The topological polar surface area (TPSA) is 34.1 Å². The molecule has 150 valence electrons. The molecule has 0 bridgehead atoms. The maximum atomic E-state index is 11.7. The van der Waals surface area contributed by atoms with Gasteiger partial charge in [0.25, 0.3) is 0 Å². The summed E-state index contributed by atoms with van der Waals surface area (Å²) in [6.45, 7) is 7.86. The second-order valence-electron chi connectivity index (χ2n) is 8.09. The summed E-state index contributed by atoms with van der Waals surface area (Å²) >= 11 is 0. The molecule has 0 aliphatic heterocycles. The van der Waals surface area contributed by atoms with Crippen LogP contribution in [-0.4, -0.2) is 11.6 Å². The number of carbonyl (C=O) groups is 2. The molecule has 0 spiro atoms. The van der Waals surface area contributed by atoms with Gasteiger partial charge in [0.1, 0.15) is 5.78 Å². The molecule has 2 aliphatic carbocycles. The minimum atomic E-state index is 0.0957. The number of allylic oxidation sites excluding steroid dienone is 8. The average Bonchev–Trinajstić information content (AvgIpc) is 2.63. The Morgan fingerprint density at radius 2 is 1.81 bits per heavy atom. The molecule has 0 saturated heterocycles. The molecule has 0 heterocycles. The van der Waals surface area contributed by atoms with Gasteiger partial charge in [-0.1, -0.05) is 47.4 Å². The van der Waals surface area contributed by atoms with E-state index in [2.05, 4.69) is 32.9 Å². The van der Waals surface area contributed by atoms with Gasteiger partial charge in [0, 0.05) is 12.3 Å². The van der Waals surface area contributed by atoms with Crippen LogP contribution in [0.2, 0.25) is 0 Å². The summed E-state index contributed by atoms with van der Waals surface area (Å²) in [5.41, 5.74) is 4.13. The highest BCUT2D eigenvalue weighted by molar-refractivity contribution is 5.87. The van der Waals surface area contributed by atoms with Gasteiger partial charge in [-0.05, 0) is 85.1 Å². The van der Waals surface area contributed by atoms with Crippen molar-refractivity contribution in [3.63, 3.8) is 0 Å². The van der Waals surface area contributed by atoms with Gasteiger partial charge in [-0.2, -0.15) is 0 Å². The molecule has 1 fully saturated rings. The van der Waals surface area contributed by atoms with Crippen molar-refractivity contribution in [3.8, 4) is 0 Å². The predicted molar refractivity (Wildman–Crippen MR) is 116 cm³/mol. The Morgan fingerprint density at radius 1 is 1.07 bits per heavy atom. The minimum Gasteiger partial charge on any atom is -0.299 e. The van der Waals surface area contributed by atoms with E-state index in [0.717, 1.165) is 32.1 Å². The molecule has 0 radical (unpaired) electrons. The number of Topliss-reactive ketones (excluding diaryl/α,β-unsaturated/α-hetero) is 1. The van der Waals surface area contributed by atoms with Crippen LogP contribution in [0.3, 0.4) is 0 Å². The molecule has 0 aromatic carbocycles. The highest BCUT2D eigenvalue weighted by Gasteiger charge is 2.25. The van der Waals surface area contributed by atoms with Crippen molar-refractivity contribution < 1.29 is 9.59 Å². The molecule has 27 heavy (non-hydrogen) atoms. The smallest absolute Gasteiger partial charge is 0.152 e. The van der Waals surface area contributed by atoms with E-state index in [4.69, 9.17) is 0 Å². The van der Waals surface area contributed by atoms with Crippen LogP contribution in [0.1, 0.15) is 91.9 Å². The zero-order valence-electron chi connectivity index (χ0n) is 17.9. The van der Waals surface area contributed by atoms with Crippen molar-refractivity contribution >= 4 is 11.6 Å². The number of carbonyl (C=O) groups excluding carboxylic acids is 2. The molecular formula is C25H38O2. The Hall–Kier alpha value is -1.70. The highest BCUT2D eigenvalue weighted by atomic mass is 16.1. The zero-order valence-corrected chi connectivity index (χ0v) is 17.9. The molecule has 1 saturated carbocycles. The maximum absolute atomic E-state index is 11.7. The van der Waals surface area contributed by atoms with Crippen LogP contribution >= 0.6 is 0 Å². The van der Waals surface area contributed by atoms with Crippen LogP contribution in [0.5, 0.6) is 0 Å². The van der Waals surface area contributed by atoms with Crippen molar-refractivity contribution in [2.75, 3.05) is 0 Å². The lowest BCUT2D eigenvalue weighted by atomic mass is 9.79. The number of rotatable bonds is 6. The first-order valence-electron chi connectivity index (χ1n) is 10.6. The summed E-state index contributed by atoms with van der Waals surface area (Å²) in [7, 11) is 0. The van der Waals surface area contributed by atoms with Gasteiger partial charge in [0.2, 0.25) is 0 Å². The molecular weight excluding hydrogens is 332 g/mol. The highest BCUT2D eigenvalue weighted by Crippen LogP contribution is 2.32. The number of ketones is 2. The fourth-order valence-electron chi connectivity index (χ4n) is 3.57. The van der Waals surface area contributed by atoms with Crippen molar-refractivity contribution in [2.24, 2.45) is 5.92 Å². The van der Waals surface area contributed by atoms with E-state index in [-0.39, 0.29) is 5.78 Å². The Bertz CT molecular complexity index is 598. The summed E-state index contributed by atoms with van der Waals surface area (Å²) < 4.78 is 0. The fraction of sp³-hybridized carbons (Fsp3) is 0.600. The van der Waals surface area contributed by atoms with Gasteiger partial charge in [-0.25, -0.2) is 0 Å². The van der Waals surface area contributed by atoms with Gasteiger partial charge in [-0.15, -0.1) is 0 Å². The van der Waals surface area contributed by atoms with Gasteiger partial charge in [0.15, 0.2) is 5.78 Å². The van der Waals surface area contributed by atoms with Crippen molar-refractivity contribution in [2.45, 2.75) is 91.9 Å². The predicted octanol–water partition coefficient (Wildman–Crippen LogP) is 7.07. The maximum Gasteiger partial charge on any atom is 0.152 e. The molecule has 1 atom stereocenters. The minimum absolute atomic E-state index is 0.0957. The lowest BCUT2D eigenvalue weighted by molar-refractivity contribution is -0.123. The molecule has 0 aromatic heterocycles. The van der Waals surface area contributed by atoms with Crippen LogP contribution in [0.25, 0.3) is 0 Å². The third kappa shape index (κ3) is 10.9. The van der Waals surface area contributed by atoms with Crippen molar-refractivity contribution in [3.05, 3.63) is 47.1 Å². The lowest BCUT2D eigenvalue weighted by Crippen LogP contribution is -2.21. The summed E-state index contributed by atoms with van der Waals surface area (Å²) in [5.74, 6) is 0.937. The van der Waals surface area contributed by atoms with E-state index in [9.17, 15) is 9.59 Å². The standard InChI is InChI=1S/C13H20O.C12H18O/c1-11(2)7-5-8-12(3)9-6-10-13(4)14;13-12-9-5-4-8-11(12)10-6-2-1-3-7-10/h6-7,9-10H,5,8H2,1-4H3;6,11H,1-5,7-9H2/b10-6+,12-9+;. The van der Waals surface area contributed by atoms with Crippen molar-refractivity contribution in [1.82, 2.24) is 0 Å². The third-order valence-electron chi connectivity index (χ3n) is 5.13. The van der Waals surface area contributed by atoms with E-state index in [1.807, 2.05) is 12.2 Å². The third-order valence-corrected chi connectivity index (χ3v) is 5.13. The van der Waals surface area contributed by atoms with Crippen molar-refractivity contribution in [1.29, 1.82) is 0 Å². The van der Waals surface area contributed by atoms with E-state index in [0.29, 0.717) is 11.7 Å². The van der Waals surface area contributed by atoms with Gasteiger partial charge >= 0.3 is 0 Å². The van der Waals surface area contributed by atoms with Crippen LogP contribution in [-0.2, 0) is 9.59 Å². The summed E-state index contributed by atoms with van der Waals surface area (Å²) in [5, 5.41) is 0. The van der Waals surface area contributed by atoms with E-state index < -0.39 is 0 Å². The molecule has 2 aliphatic rings. The molecule has 0 aromatic rings. The number of hydrogen-bond acceptors (Lipinski definition) is 2. The first-order chi connectivity index (χ1) is 12.9.